The average molecular weight is 853 g/mol. The van der Waals surface area contributed by atoms with Gasteiger partial charge < -0.3 is 48.1 Å². The maximum atomic E-state index is 13.3. The van der Waals surface area contributed by atoms with Gasteiger partial charge in [0.2, 0.25) is 23.1 Å². The Morgan fingerprint density at radius 1 is 0.581 bits per heavy atom. The van der Waals surface area contributed by atoms with Crippen molar-refractivity contribution in [2.24, 2.45) is 0 Å². The van der Waals surface area contributed by atoms with E-state index in [-0.39, 0.29) is 17.3 Å². The van der Waals surface area contributed by atoms with Gasteiger partial charge in [0.15, 0.2) is 23.0 Å². The number of rotatable bonds is 15. The number of hydrogen-bond acceptors (Lipinski definition) is 14. The van der Waals surface area contributed by atoms with E-state index in [1.54, 1.807) is 77.3 Å². The fraction of sp³-hybridized carbons (Fsp3) is 0.348. The minimum Gasteiger partial charge on any atom is -0.496 e. The predicted molar refractivity (Wildman–Crippen MR) is 232 cm³/mol. The standard InChI is InChI=1S/C23H28N2O6.C23H24N2O6/c2*1-23(2,27)10-9-14-16(28-3)8-7-15-19(14)24-25-20(15)21(26)13-11-17(29-4)22(31-6)18(12-13)30-5/h7-8,11-12,27H,9-10H2,1-6H3,(H,24,25);7-8,11-12,27H,1-6H3,(H,24,25). The number of aliphatic hydroxyl groups is 2. The summed E-state index contributed by atoms with van der Waals surface area (Å²) in [4.78, 5) is 26.7. The van der Waals surface area contributed by atoms with Gasteiger partial charge in [-0.25, -0.2) is 0 Å². The molecule has 0 radical (unpaired) electrons. The second kappa shape index (κ2) is 19.2. The van der Waals surface area contributed by atoms with Crippen LogP contribution in [0.2, 0.25) is 0 Å². The molecule has 0 saturated carbocycles. The van der Waals surface area contributed by atoms with Gasteiger partial charge in [-0.2, -0.15) is 10.2 Å². The second-order valence-electron chi connectivity index (χ2n) is 15.0. The molecule has 0 saturated heterocycles. The Morgan fingerprint density at radius 2 is 0.984 bits per heavy atom. The zero-order valence-electron chi connectivity index (χ0n) is 36.9. The van der Waals surface area contributed by atoms with Crippen molar-refractivity contribution in [2.75, 3.05) is 56.9 Å². The van der Waals surface area contributed by atoms with Gasteiger partial charge in [-0.3, -0.25) is 19.8 Å². The quantitative estimate of drug-likeness (QED) is 0.0645. The van der Waals surface area contributed by atoms with Crippen molar-refractivity contribution < 1.29 is 57.7 Å². The molecule has 16 nitrogen and oxygen atoms in total. The first-order chi connectivity index (χ1) is 29.5. The van der Waals surface area contributed by atoms with Gasteiger partial charge in [-0.15, -0.1) is 0 Å². The molecule has 0 unspecified atom stereocenters. The molecule has 16 heteroatoms. The topological polar surface area (TPSA) is 206 Å². The van der Waals surface area contributed by atoms with Crippen LogP contribution in [0.4, 0.5) is 0 Å². The van der Waals surface area contributed by atoms with Crippen LogP contribution in [0.15, 0.2) is 48.5 Å². The Bertz CT molecular complexity index is 2610. The summed E-state index contributed by atoms with van der Waals surface area (Å²) in [7, 11) is 12.1. The number of ether oxygens (including phenoxy) is 8. The Kier molecular flexibility index (Phi) is 14.3. The summed E-state index contributed by atoms with van der Waals surface area (Å²) < 4.78 is 43.0. The van der Waals surface area contributed by atoms with Crippen LogP contribution >= 0.6 is 0 Å². The lowest BCUT2D eigenvalue weighted by molar-refractivity contribution is 0.0713. The summed E-state index contributed by atoms with van der Waals surface area (Å²) >= 11 is 0. The second-order valence-corrected chi connectivity index (χ2v) is 15.0. The van der Waals surface area contributed by atoms with E-state index < -0.39 is 11.2 Å². The molecule has 0 aliphatic rings. The lowest BCUT2D eigenvalue weighted by atomic mass is 9.96. The van der Waals surface area contributed by atoms with Gasteiger partial charge in [0.25, 0.3) is 0 Å². The summed E-state index contributed by atoms with van der Waals surface area (Å²) in [5.41, 5.74) is 1.70. The summed E-state index contributed by atoms with van der Waals surface area (Å²) in [6, 6.07) is 13.4. The van der Waals surface area contributed by atoms with Gasteiger partial charge >= 0.3 is 0 Å². The number of ketones is 2. The number of H-pyrrole nitrogens is 2. The summed E-state index contributed by atoms with van der Waals surface area (Å²) in [5.74, 6) is 8.57. The Balaban J connectivity index is 0.000000234. The number of methoxy groups -OCH3 is 8. The normalized spacial score (nSPS) is 11.2. The van der Waals surface area contributed by atoms with Crippen molar-refractivity contribution in [3.8, 4) is 57.8 Å². The first-order valence-corrected chi connectivity index (χ1v) is 19.2. The molecule has 4 N–H and O–H groups in total. The Morgan fingerprint density at radius 3 is 1.37 bits per heavy atom. The molecule has 0 aliphatic heterocycles. The minimum atomic E-state index is -1.20. The van der Waals surface area contributed by atoms with Crippen LogP contribution in [0.25, 0.3) is 21.8 Å². The third-order valence-electron chi connectivity index (χ3n) is 9.71. The van der Waals surface area contributed by atoms with E-state index in [2.05, 4.69) is 32.2 Å². The van der Waals surface area contributed by atoms with E-state index in [0.717, 1.165) is 5.56 Å². The lowest BCUT2D eigenvalue weighted by Crippen LogP contribution is -2.19. The van der Waals surface area contributed by atoms with Crippen molar-refractivity contribution in [3.63, 3.8) is 0 Å². The number of carbonyl (C=O) groups excluding carboxylic acids is 2. The lowest BCUT2D eigenvalue weighted by Gasteiger charge is -2.18. The number of fused-ring (bicyclic) bond motifs is 2. The zero-order valence-corrected chi connectivity index (χ0v) is 36.9. The number of hydrogen-bond donors (Lipinski definition) is 4. The fourth-order valence-electron chi connectivity index (χ4n) is 6.61. The number of nitrogens with zero attached hydrogens (tertiary/aromatic N) is 2. The van der Waals surface area contributed by atoms with Gasteiger partial charge in [-0.1, -0.05) is 11.8 Å². The summed E-state index contributed by atoms with van der Waals surface area (Å²) in [5, 5.41) is 35.7. The number of aromatic nitrogens is 4. The monoisotopic (exact) mass is 852 g/mol. The molecular formula is C46H52N4O12. The highest BCUT2D eigenvalue weighted by molar-refractivity contribution is 6.16. The van der Waals surface area contributed by atoms with Crippen LogP contribution in [0.1, 0.15) is 77.3 Å². The van der Waals surface area contributed by atoms with E-state index in [1.165, 1.54) is 49.8 Å². The first kappa shape index (κ1) is 46.1. The number of aryl methyl sites for hydroxylation is 1. The largest absolute Gasteiger partial charge is 0.496 e. The molecule has 0 aliphatic carbocycles. The molecule has 0 atom stereocenters. The van der Waals surface area contributed by atoms with Crippen LogP contribution in [0, 0.1) is 11.8 Å². The molecule has 0 bridgehead atoms. The van der Waals surface area contributed by atoms with Crippen LogP contribution < -0.4 is 37.9 Å². The van der Waals surface area contributed by atoms with Crippen molar-refractivity contribution in [1.29, 1.82) is 0 Å². The van der Waals surface area contributed by atoms with E-state index in [1.807, 2.05) is 6.07 Å². The van der Waals surface area contributed by atoms with Gasteiger partial charge in [0.05, 0.1) is 73.6 Å². The highest BCUT2D eigenvalue weighted by Gasteiger charge is 2.25. The number of carbonyl (C=O) groups is 2. The Labute approximate surface area is 359 Å². The summed E-state index contributed by atoms with van der Waals surface area (Å²) in [6.07, 6.45) is 1.07. The smallest absolute Gasteiger partial charge is 0.211 e. The van der Waals surface area contributed by atoms with Gasteiger partial charge in [0, 0.05) is 27.5 Å². The van der Waals surface area contributed by atoms with Crippen molar-refractivity contribution >= 4 is 33.4 Å². The fourth-order valence-corrected chi connectivity index (χ4v) is 6.61. The molecule has 4 aromatic carbocycles. The molecule has 2 aromatic heterocycles. The summed E-state index contributed by atoms with van der Waals surface area (Å²) in [6.45, 7) is 6.67. The van der Waals surface area contributed by atoms with E-state index in [9.17, 15) is 19.8 Å². The Hall–Kier alpha value is -6.96. The maximum absolute atomic E-state index is 13.3. The SMILES string of the molecule is COc1cc(C(=O)c2[nH]nc3c(C#CC(C)(C)O)c(OC)ccc23)cc(OC)c1OC.COc1cc(C(=O)c2[nH]nc3c(CCC(C)(C)O)c(OC)ccc23)cc(OC)c1OC. The molecule has 328 valence electrons. The number of aromatic amines is 2. The van der Waals surface area contributed by atoms with Gasteiger partial charge in [-0.05, 0) is 89.1 Å². The average Bonchev–Trinajstić information content (AvgIpc) is 3.90. The molecular weight excluding hydrogens is 801 g/mol. The van der Waals surface area contributed by atoms with Crippen molar-refractivity contribution in [2.45, 2.75) is 51.7 Å². The molecule has 62 heavy (non-hydrogen) atoms. The van der Waals surface area contributed by atoms with Crippen molar-refractivity contribution in [1.82, 2.24) is 20.4 Å². The highest BCUT2D eigenvalue weighted by Crippen LogP contribution is 2.41. The molecule has 0 amide bonds. The molecule has 0 fully saturated rings. The van der Waals surface area contributed by atoms with E-state index in [4.69, 9.17) is 37.9 Å². The van der Waals surface area contributed by atoms with E-state index >= 15 is 0 Å². The predicted octanol–water partition coefficient (Wildman–Crippen LogP) is 6.48. The molecule has 6 aromatic rings. The molecule has 6 rings (SSSR count). The minimum absolute atomic E-state index is 0.264. The third kappa shape index (κ3) is 9.80. The molecule has 2 heterocycles. The van der Waals surface area contributed by atoms with Crippen LogP contribution in [0.3, 0.4) is 0 Å². The van der Waals surface area contributed by atoms with Crippen LogP contribution in [0.5, 0.6) is 46.0 Å². The van der Waals surface area contributed by atoms with Crippen LogP contribution in [-0.2, 0) is 6.42 Å². The zero-order chi connectivity index (χ0) is 45.5. The van der Waals surface area contributed by atoms with Gasteiger partial charge in [0.1, 0.15) is 34.0 Å². The van der Waals surface area contributed by atoms with Crippen molar-refractivity contribution in [3.05, 3.63) is 82.2 Å². The van der Waals surface area contributed by atoms with E-state index in [0.29, 0.717) is 103 Å². The number of benzene rings is 4. The highest BCUT2D eigenvalue weighted by atomic mass is 16.5. The molecule has 0 spiro atoms. The third-order valence-corrected chi connectivity index (χ3v) is 9.71. The first-order valence-electron chi connectivity index (χ1n) is 19.2. The maximum Gasteiger partial charge on any atom is 0.211 e. The number of nitrogens with one attached hydrogen (secondary N) is 2. The van der Waals surface area contributed by atoms with Crippen LogP contribution in [-0.4, -0.2) is 110 Å².